The maximum Gasteiger partial charge on any atom is 0.331 e. The summed E-state index contributed by atoms with van der Waals surface area (Å²) in [5.41, 5.74) is 8.40. The van der Waals surface area contributed by atoms with Crippen molar-refractivity contribution >= 4 is 41.2 Å². The van der Waals surface area contributed by atoms with Gasteiger partial charge in [-0.2, -0.15) is 15.0 Å². The monoisotopic (exact) mass is 395 g/mol. The van der Waals surface area contributed by atoms with Gasteiger partial charge in [-0.3, -0.25) is 0 Å². The topological polar surface area (TPSA) is 103 Å². The quantitative estimate of drug-likeness (QED) is 0.481. The lowest BCUT2D eigenvalue weighted by Crippen LogP contribution is -2.10. The number of nitrogens with two attached hydrogens (primary N) is 1. The first-order chi connectivity index (χ1) is 13.5. The summed E-state index contributed by atoms with van der Waals surface area (Å²) in [4.78, 5) is 24.2. The minimum absolute atomic E-state index is 0.0339. The molecule has 0 aliphatic rings. The van der Waals surface area contributed by atoms with Crippen molar-refractivity contribution in [3.8, 4) is 0 Å². The number of rotatable bonds is 6. The van der Waals surface area contributed by atoms with Crippen LogP contribution in [-0.4, -0.2) is 20.9 Å². The molecule has 7 nitrogen and oxygen atoms in total. The number of halogens is 1. The number of nitrogens with zero attached hydrogens (tertiary/aromatic N) is 3. The molecule has 142 valence electrons. The highest BCUT2D eigenvalue weighted by Gasteiger charge is 2.08. The molecule has 3 rings (SSSR count). The normalized spacial score (nSPS) is 10.8. The van der Waals surface area contributed by atoms with Gasteiger partial charge < -0.3 is 15.8 Å². The van der Waals surface area contributed by atoms with E-state index in [1.807, 2.05) is 37.3 Å². The SMILES string of the molecule is Cc1ccccc1Nc1nc(N)nc(COC(=O)/C=C/c2cccc(Cl)c2)n1. The molecule has 0 radical (unpaired) electrons. The molecule has 0 bridgehead atoms. The lowest BCUT2D eigenvalue weighted by Gasteiger charge is -2.09. The summed E-state index contributed by atoms with van der Waals surface area (Å²) in [7, 11) is 0. The molecule has 0 aliphatic heterocycles. The number of anilines is 3. The van der Waals surface area contributed by atoms with Crippen LogP contribution < -0.4 is 11.1 Å². The van der Waals surface area contributed by atoms with Crippen molar-refractivity contribution in [3.05, 3.63) is 76.6 Å². The van der Waals surface area contributed by atoms with E-state index in [-0.39, 0.29) is 24.3 Å². The number of para-hydroxylation sites is 1. The summed E-state index contributed by atoms with van der Waals surface area (Å²) in [6.45, 7) is 1.83. The Morgan fingerprint density at radius 1 is 1.18 bits per heavy atom. The van der Waals surface area contributed by atoms with Crippen LogP contribution in [0.5, 0.6) is 0 Å². The number of ether oxygens (including phenoxy) is 1. The smallest absolute Gasteiger partial charge is 0.331 e. The molecule has 0 aliphatic carbocycles. The second kappa shape index (κ2) is 8.96. The molecule has 1 heterocycles. The van der Waals surface area contributed by atoms with Crippen molar-refractivity contribution in [2.45, 2.75) is 13.5 Å². The van der Waals surface area contributed by atoms with Gasteiger partial charge in [-0.1, -0.05) is 41.9 Å². The predicted molar refractivity (Wildman–Crippen MR) is 109 cm³/mol. The molecule has 2 aromatic carbocycles. The van der Waals surface area contributed by atoms with Crippen LogP contribution in [0, 0.1) is 6.92 Å². The van der Waals surface area contributed by atoms with Gasteiger partial charge in [0, 0.05) is 16.8 Å². The number of benzene rings is 2. The average molecular weight is 396 g/mol. The van der Waals surface area contributed by atoms with Gasteiger partial charge >= 0.3 is 5.97 Å². The number of hydrogen-bond acceptors (Lipinski definition) is 7. The van der Waals surface area contributed by atoms with Gasteiger partial charge in [-0.15, -0.1) is 0 Å². The van der Waals surface area contributed by atoms with Crippen LogP contribution in [0.1, 0.15) is 17.0 Å². The van der Waals surface area contributed by atoms with E-state index in [9.17, 15) is 4.79 Å². The van der Waals surface area contributed by atoms with Gasteiger partial charge in [0.1, 0.15) is 0 Å². The van der Waals surface area contributed by atoms with E-state index in [0.29, 0.717) is 5.02 Å². The molecular weight excluding hydrogens is 378 g/mol. The third-order valence-corrected chi connectivity index (χ3v) is 3.93. The second-order valence-electron chi connectivity index (χ2n) is 5.87. The van der Waals surface area contributed by atoms with Gasteiger partial charge in [-0.25, -0.2) is 4.79 Å². The number of aromatic nitrogens is 3. The maximum absolute atomic E-state index is 11.9. The standard InChI is InChI=1S/C20H18ClN5O2/c1-13-5-2-3-8-16(13)23-20-25-17(24-19(22)26-20)12-28-18(27)10-9-14-6-4-7-15(21)11-14/h2-11H,12H2,1H3,(H3,22,23,24,25,26)/b10-9+. The molecule has 0 fully saturated rings. The minimum Gasteiger partial charge on any atom is -0.454 e. The predicted octanol–water partition coefficient (Wildman–Crippen LogP) is 3.92. The van der Waals surface area contributed by atoms with Crippen LogP contribution in [0.25, 0.3) is 6.08 Å². The number of esters is 1. The summed E-state index contributed by atoms with van der Waals surface area (Å²) in [6.07, 6.45) is 2.92. The third kappa shape index (κ3) is 5.52. The van der Waals surface area contributed by atoms with Gasteiger partial charge in [0.2, 0.25) is 11.9 Å². The second-order valence-corrected chi connectivity index (χ2v) is 6.31. The highest BCUT2D eigenvalue weighted by atomic mass is 35.5. The minimum atomic E-state index is -0.535. The zero-order valence-electron chi connectivity index (χ0n) is 15.1. The molecule has 3 N–H and O–H groups in total. The molecule has 0 spiro atoms. The molecule has 0 atom stereocenters. The molecule has 8 heteroatoms. The number of carbonyl (C=O) groups excluding carboxylic acids is 1. The van der Waals surface area contributed by atoms with E-state index in [1.54, 1.807) is 24.3 Å². The zero-order valence-corrected chi connectivity index (χ0v) is 15.8. The average Bonchev–Trinajstić information content (AvgIpc) is 2.66. The van der Waals surface area contributed by atoms with Gasteiger partial charge in [0.25, 0.3) is 0 Å². The van der Waals surface area contributed by atoms with Crippen molar-refractivity contribution in [2.24, 2.45) is 0 Å². The summed E-state index contributed by atoms with van der Waals surface area (Å²) in [5.74, 6) is 0.0226. The van der Waals surface area contributed by atoms with Gasteiger partial charge in [-0.05, 0) is 42.3 Å². The zero-order chi connectivity index (χ0) is 19.9. The van der Waals surface area contributed by atoms with Crippen LogP contribution in [0.3, 0.4) is 0 Å². The van der Waals surface area contributed by atoms with Crippen molar-refractivity contribution in [3.63, 3.8) is 0 Å². The Morgan fingerprint density at radius 3 is 2.79 bits per heavy atom. The molecule has 0 saturated carbocycles. The van der Waals surface area contributed by atoms with Crippen LogP contribution in [0.4, 0.5) is 17.6 Å². The molecule has 3 aromatic rings. The molecular formula is C20H18ClN5O2. The third-order valence-electron chi connectivity index (χ3n) is 3.69. The van der Waals surface area contributed by atoms with Crippen LogP contribution in [0.15, 0.2) is 54.6 Å². The van der Waals surface area contributed by atoms with Gasteiger partial charge in [0.05, 0.1) is 0 Å². The van der Waals surface area contributed by atoms with E-state index in [0.717, 1.165) is 16.8 Å². The fourth-order valence-electron chi connectivity index (χ4n) is 2.35. The molecule has 0 amide bonds. The van der Waals surface area contributed by atoms with E-state index < -0.39 is 5.97 Å². The largest absolute Gasteiger partial charge is 0.454 e. The van der Waals surface area contributed by atoms with E-state index >= 15 is 0 Å². The summed E-state index contributed by atoms with van der Waals surface area (Å²) >= 11 is 5.91. The van der Waals surface area contributed by atoms with E-state index in [1.165, 1.54) is 6.08 Å². The van der Waals surface area contributed by atoms with Crippen LogP contribution >= 0.6 is 11.6 Å². The van der Waals surface area contributed by atoms with Crippen molar-refractivity contribution in [2.75, 3.05) is 11.1 Å². The Hall–Kier alpha value is -3.45. The van der Waals surface area contributed by atoms with Crippen molar-refractivity contribution < 1.29 is 9.53 Å². The number of nitrogen functional groups attached to an aromatic ring is 1. The maximum atomic E-state index is 11.9. The van der Waals surface area contributed by atoms with Crippen molar-refractivity contribution in [1.29, 1.82) is 0 Å². The molecule has 1 aromatic heterocycles. The number of carbonyl (C=O) groups is 1. The Balaban J connectivity index is 1.63. The van der Waals surface area contributed by atoms with E-state index in [4.69, 9.17) is 22.1 Å². The summed E-state index contributed by atoms with van der Waals surface area (Å²) in [5, 5.41) is 3.67. The van der Waals surface area contributed by atoms with Gasteiger partial charge in [0.15, 0.2) is 12.4 Å². The first-order valence-electron chi connectivity index (χ1n) is 8.43. The molecule has 0 unspecified atom stereocenters. The highest BCUT2D eigenvalue weighted by Crippen LogP contribution is 2.18. The first kappa shape index (κ1) is 19.3. The number of aryl methyl sites for hydroxylation is 1. The molecule has 28 heavy (non-hydrogen) atoms. The van der Waals surface area contributed by atoms with Crippen LogP contribution in [0.2, 0.25) is 5.02 Å². The van der Waals surface area contributed by atoms with Crippen LogP contribution in [-0.2, 0) is 16.1 Å². The number of hydrogen-bond donors (Lipinski definition) is 2. The molecule has 0 saturated heterocycles. The fourth-order valence-corrected chi connectivity index (χ4v) is 2.55. The lowest BCUT2D eigenvalue weighted by molar-refractivity contribution is -0.139. The fraction of sp³-hybridized carbons (Fsp3) is 0.100. The van der Waals surface area contributed by atoms with E-state index in [2.05, 4.69) is 20.3 Å². The lowest BCUT2D eigenvalue weighted by atomic mass is 10.2. The Labute approximate surface area is 167 Å². The Bertz CT molecular complexity index is 1020. The Kier molecular flexibility index (Phi) is 6.18. The van der Waals surface area contributed by atoms with Crippen molar-refractivity contribution in [1.82, 2.24) is 15.0 Å². The number of nitrogens with one attached hydrogen (secondary N) is 1. The Morgan fingerprint density at radius 2 is 2.00 bits per heavy atom. The first-order valence-corrected chi connectivity index (χ1v) is 8.81. The summed E-state index contributed by atoms with van der Waals surface area (Å²) in [6, 6.07) is 14.8. The summed E-state index contributed by atoms with van der Waals surface area (Å²) < 4.78 is 5.17. The highest BCUT2D eigenvalue weighted by molar-refractivity contribution is 6.30.